The molecule has 3 rings (SSSR count). The first kappa shape index (κ1) is 16.1. The van der Waals surface area contributed by atoms with Crippen LogP contribution in [0.25, 0.3) is 0 Å². The largest absolute Gasteiger partial charge is 0.323 e. The summed E-state index contributed by atoms with van der Waals surface area (Å²) in [5.74, 6) is -0.506. The Hall–Kier alpha value is -1.79. The van der Waals surface area contributed by atoms with Crippen molar-refractivity contribution in [1.82, 2.24) is 4.90 Å². The molecule has 0 saturated carbocycles. The molecule has 1 fully saturated rings. The van der Waals surface area contributed by atoms with Gasteiger partial charge in [-0.2, -0.15) is 0 Å². The molecule has 23 heavy (non-hydrogen) atoms. The van der Waals surface area contributed by atoms with Crippen LogP contribution in [-0.4, -0.2) is 23.2 Å². The van der Waals surface area contributed by atoms with Crippen LogP contribution in [0.4, 0.5) is 19.3 Å². The summed E-state index contributed by atoms with van der Waals surface area (Å²) in [5, 5.41) is 2.88. The smallest absolute Gasteiger partial charge is 0.308 e. The number of hydrogen-bond acceptors (Lipinski definition) is 2. The standard InChI is InChI=1S/C16H13ClF2N2OS/c17-11-3-1-10(2-4-11)15-21(7-8-23-15)16(22)20-14-9-12(18)5-6-13(14)19/h1-6,9,15H,7-8H2,(H,20,22). The number of carbonyl (C=O) groups is 1. The lowest BCUT2D eigenvalue weighted by molar-refractivity contribution is 0.214. The van der Waals surface area contributed by atoms with Gasteiger partial charge in [0, 0.05) is 23.4 Å². The van der Waals surface area contributed by atoms with Crippen molar-refractivity contribution in [2.75, 3.05) is 17.6 Å². The van der Waals surface area contributed by atoms with E-state index in [0.717, 1.165) is 29.5 Å². The summed E-state index contributed by atoms with van der Waals surface area (Å²) in [6.45, 7) is 0.528. The number of anilines is 1. The molecule has 120 valence electrons. The van der Waals surface area contributed by atoms with Crippen LogP contribution in [0.1, 0.15) is 10.9 Å². The van der Waals surface area contributed by atoms with Crippen LogP contribution in [0.2, 0.25) is 5.02 Å². The lowest BCUT2D eigenvalue weighted by atomic mass is 10.2. The van der Waals surface area contributed by atoms with E-state index >= 15 is 0 Å². The number of benzene rings is 2. The first-order valence-corrected chi connectivity index (χ1v) is 8.37. The maximum Gasteiger partial charge on any atom is 0.323 e. The number of carbonyl (C=O) groups excluding carboxylic acids is 1. The number of amides is 2. The van der Waals surface area contributed by atoms with E-state index < -0.39 is 17.7 Å². The van der Waals surface area contributed by atoms with Gasteiger partial charge in [-0.25, -0.2) is 13.6 Å². The number of urea groups is 1. The average molecular weight is 355 g/mol. The predicted octanol–water partition coefficient (Wildman–Crippen LogP) is 4.90. The van der Waals surface area contributed by atoms with E-state index in [9.17, 15) is 13.6 Å². The van der Waals surface area contributed by atoms with Crippen molar-refractivity contribution >= 4 is 35.1 Å². The van der Waals surface area contributed by atoms with E-state index in [-0.39, 0.29) is 11.1 Å². The maximum absolute atomic E-state index is 13.7. The van der Waals surface area contributed by atoms with E-state index in [1.165, 1.54) is 0 Å². The zero-order valence-corrected chi connectivity index (χ0v) is 13.5. The van der Waals surface area contributed by atoms with Crippen molar-refractivity contribution < 1.29 is 13.6 Å². The monoisotopic (exact) mass is 354 g/mol. The van der Waals surface area contributed by atoms with Gasteiger partial charge < -0.3 is 10.2 Å². The quantitative estimate of drug-likeness (QED) is 0.832. The van der Waals surface area contributed by atoms with Crippen LogP contribution in [0.5, 0.6) is 0 Å². The van der Waals surface area contributed by atoms with Crippen molar-refractivity contribution in [1.29, 1.82) is 0 Å². The highest BCUT2D eigenvalue weighted by atomic mass is 35.5. The third-order valence-electron chi connectivity index (χ3n) is 3.48. The van der Waals surface area contributed by atoms with Gasteiger partial charge in [0.05, 0.1) is 5.69 Å². The second-order valence-electron chi connectivity index (χ2n) is 5.02. The zero-order valence-electron chi connectivity index (χ0n) is 11.9. The Morgan fingerprint density at radius 2 is 1.96 bits per heavy atom. The summed E-state index contributed by atoms with van der Waals surface area (Å²) in [4.78, 5) is 14.0. The first-order valence-electron chi connectivity index (χ1n) is 6.94. The Balaban J connectivity index is 1.78. The van der Waals surface area contributed by atoms with Crippen molar-refractivity contribution in [3.8, 4) is 0 Å². The fraction of sp³-hybridized carbons (Fsp3) is 0.188. The minimum absolute atomic E-state index is 0.165. The third-order valence-corrected chi connectivity index (χ3v) is 4.99. The summed E-state index contributed by atoms with van der Waals surface area (Å²) in [6.07, 6.45) is 0. The Labute approximate surface area is 141 Å². The Morgan fingerprint density at radius 1 is 1.22 bits per heavy atom. The average Bonchev–Trinajstić information content (AvgIpc) is 3.01. The number of rotatable bonds is 2. The fourth-order valence-corrected chi connectivity index (χ4v) is 3.74. The summed E-state index contributed by atoms with van der Waals surface area (Å²) >= 11 is 7.49. The lowest BCUT2D eigenvalue weighted by Gasteiger charge is -2.24. The zero-order chi connectivity index (χ0) is 16.4. The molecule has 0 bridgehead atoms. The van der Waals surface area contributed by atoms with E-state index in [2.05, 4.69) is 5.32 Å². The number of thioether (sulfide) groups is 1. The van der Waals surface area contributed by atoms with Gasteiger partial charge in [0.25, 0.3) is 0 Å². The van der Waals surface area contributed by atoms with Gasteiger partial charge in [0.15, 0.2) is 0 Å². The topological polar surface area (TPSA) is 32.3 Å². The molecule has 2 aromatic carbocycles. The van der Waals surface area contributed by atoms with Crippen LogP contribution < -0.4 is 5.32 Å². The van der Waals surface area contributed by atoms with Crippen LogP contribution in [0, 0.1) is 11.6 Å². The molecular weight excluding hydrogens is 342 g/mol. The minimum Gasteiger partial charge on any atom is -0.308 e. The highest BCUT2D eigenvalue weighted by molar-refractivity contribution is 7.99. The maximum atomic E-state index is 13.7. The van der Waals surface area contributed by atoms with E-state index in [1.807, 2.05) is 12.1 Å². The normalized spacial score (nSPS) is 17.3. The van der Waals surface area contributed by atoms with Gasteiger partial charge in [-0.1, -0.05) is 23.7 Å². The van der Waals surface area contributed by atoms with Gasteiger partial charge in [0.1, 0.15) is 17.0 Å². The minimum atomic E-state index is -0.672. The van der Waals surface area contributed by atoms with Gasteiger partial charge in [-0.05, 0) is 29.8 Å². The van der Waals surface area contributed by atoms with E-state index in [4.69, 9.17) is 11.6 Å². The van der Waals surface area contributed by atoms with Crippen molar-refractivity contribution in [2.24, 2.45) is 0 Å². The molecule has 1 aliphatic heterocycles. The second-order valence-corrected chi connectivity index (χ2v) is 6.65. The van der Waals surface area contributed by atoms with Gasteiger partial charge in [0.2, 0.25) is 0 Å². The molecule has 1 heterocycles. The highest BCUT2D eigenvalue weighted by Crippen LogP contribution is 2.38. The number of hydrogen-bond donors (Lipinski definition) is 1. The molecule has 1 N–H and O–H groups in total. The molecule has 1 atom stereocenters. The molecule has 1 aliphatic rings. The molecule has 2 aromatic rings. The number of nitrogens with zero attached hydrogens (tertiary/aromatic N) is 1. The molecular formula is C16H13ClF2N2OS. The Bertz CT molecular complexity index is 727. The van der Waals surface area contributed by atoms with E-state index in [0.29, 0.717) is 11.6 Å². The van der Waals surface area contributed by atoms with Gasteiger partial charge in [-0.15, -0.1) is 11.8 Å². The molecule has 0 radical (unpaired) electrons. The molecule has 1 saturated heterocycles. The number of halogens is 3. The molecule has 0 spiro atoms. The fourth-order valence-electron chi connectivity index (χ4n) is 2.36. The summed E-state index contributed by atoms with van der Waals surface area (Å²) in [5.41, 5.74) is 0.772. The second kappa shape index (κ2) is 6.76. The molecule has 7 heteroatoms. The van der Waals surface area contributed by atoms with Crippen molar-refractivity contribution in [3.05, 3.63) is 64.7 Å². The Morgan fingerprint density at radius 3 is 2.70 bits per heavy atom. The summed E-state index contributed by atoms with van der Waals surface area (Å²) < 4.78 is 26.9. The first-order chi connectivity index (χ1) is 11.0. The van der Waals surface area contributed by atoms with Crippen molar-refractivity contribution in [2.45, 2.75) is 5.37 Å². The molecule has 1 unspecified atom stereocenters. The summed E-state index contributed by atoms with van der Waals surface area (Å²) in [7, 11) is 0. The predicted molar refractivity (Wildman–Crippen MR) is 88.7 cm³/mol. The van der Waals surface area contributed by atoms with Crippen LogP contribution in [0.3, 0.4) is 0 Å². The van der Waals surface area contributed by atoms with Crippen LogP contribution in [-0.2, 0) is 0 Å². The van der Waals surface area contributed by atoms with Gasteiger partial charge >= 0.3 is 6.03 Å². The Kier molecular flexibility index (Phi) is 4.73. The van der Waals surface area contributed by atoms with E-state index in [1.54, 1.807) is 28.8 Å². The highest BCUT2D eigenvalue weighted by Gasteiger charge is 2.31. The number of nitrogens with one attached hydrogen (secondary N) is 1. The SMILES string of the molecule is O=C(Nc1cc(F)ccc1F)N1CCSC1c1ccc(Cl)cc1. The molecule has 2 amide bonds. The van der Waals surface area contributed by atoms with Gasteiger partial charge in [-0.3, -0.25) is 0 Å². The molecule has 0 aromatic heterocycles. The lowest BCUT2D eigenvalue weighted by Crippen LogP contribution is -2.34. The summed E-state index contributed by atoms with van der Waals surface area (Å²) in [6, 6.07) is 9.74. The van der Waals surface area contributed by atoms with Crippen LogP contribution >= 0.6 is 23.4 Å². The van der Waals surface area contributed by atoms with Crippen molar-refractivity contribution in [3.63, 3.8) is 0 Å². The van der Waals surface area contributed by atoms with Crippen LogP contribution in [0.15, 0.2) is 42.5 Å². The third kappa shape index (κ3) is 3.59. The molecule has 0 aliphatic carbocycles. The molecule has 3 nitrogen and oxygen atoms in total.